The molecule has 202 valence electrons. The predicted octanol–water partition coefficient (Wildman–Crippen LogP) is 5.96. The molecule has 5 nitrogen and oxygen atoms in total. The van der Waals surface area contributed by atoms with Gasteiger partial charge in [0.25, 0.3) is 5.78 Å². The van der Waals surface area contributed by atoms with Crippen molar-refractivity contribution in [3.05, 3.63) is 143 Å². The Bertz CT molecular complexity index is 1430. The summed E-state index contributed by atoms with van der Waals surface area (Å²) in [6, 6.07) is 35.9. The smallest absolute Gasteiger partial charge is 0.377 e. The molecular weight excluding hydrogens is 498 g/mol. The molecule has 0 saturated carbocycles. The Morgan fingerprint density at radius 1 is 0.775 bits per heavy atom. The summed E-state index contributed by atoms with van der Waals surface area (Å²) in [6.07, 6.45) is 1.76. The summed E-state index contributed by atoms with van der Waals surface area (Å²) in [5.41, 5.74) is 5.39. The fourth-order valence-electron chi connectivity index (χ4n) is 5.81. The zero-order valence-corrected chi connectivity index (χ0v) is 22.4. The molecule has 0 spiro atoms. The normalized spacial score (nSPS) is 15.7. The van der Waals surface area contributed by atoms with Crippen LogP contribution in [0.3, 0.4) is 0 Å². The second kappa shape index (κ2) is 12.7. The molecule has 5 heteroatoms. The third-order valence-corrected chi connectivity index (χ3v) is 7.80. The SMILES string of the molecule is O=C(O)C(=O)c1ccc(CN2CCC(=O)C(C(c3ccccc3)c3ccccc3)C2)cc1CCc1ccccc1. The minimum absolute atomic E-state index is 0.0327. The Balaban J connectivity index is 1.39. The highest BCUT2D eigenvalue weighted by Crippen LogP contribution is 2.36. The molecule has 40 heavy (non-hydrogen) atoms. The Kier molecular flexibility index (Phi) is 8.62. The summed E-state index contributed by atoms with van der Waals surface area (Å²) in [6.45, 7) is 1.92. The number of aliphatic carboxylic acids is 1. The van der Waals surface area contributed by atoms with Gasteiger partial charge in [-0.2, -0.15) is 0 Å². The van der Waals surface area contributed by atoms with Crippen molar-refractivity contribution < 1.29 is 19.5 Å². The van der Waals surface area contributed by atoms with Crippen molar-refractivity contribution in [2.24, 2.45) is 5.92 Å². The Labute approximate surface area is 235 Å². The van der Waals surface area contributed by atoms with Crippen LogP contribution < -0.4 is 0 Å². The number of carboxylic acid groups (broad SMARTS) is 1. The summed E-state index contributed by atoms with van der Waals surface area (Å²) >= 11 is 0. The van der Waals surface area contributed by atoms with Gasteiger partial charge in [-0.1, -0.05) is 109 Å². The zero-order chi connectivity index (χ0) is 27.9. The van der Waals surface area contributed by atoms with Crippen LogP contribution in [-0.2, 0) is 29.0 Å². The van der Waals surface area contributed by atoms with E-state index in [-0.39, 0.29) is 23.2 Å². The van der Waals surface area contributed by atoms with Crippen LogP contribution in [0.2, 0.25) is 0 Å². The van der Waals surface area contributed by atoms with E-state index in [4.69, 9.17) is 0 Å². The van der Waals surface area contributed by atoms with Gasteiger partial charge in [0.05, 0.1) is 0 Å². The number of rotatable bonds is 10. The van der Waals surface area contributed by atoms with E-state index in [1.165, 1.54) is 0 Å². The van der Waals surface area contributed by atoms with Gasteiger partial charge in [0.1, 0.15) is 5.78 Å². The Morgan fingerprint density at radius 2 is 1.38 bits per heavy atom. The van der Waals surface area contributed by atoms with Gasteiger partial charge < -0.3 is 5.11 Å². The molecule has 1 N–H and O–H groups in total. The van der Waals surface area contributed by atoms with Crippen LogP contribution in [0.25, 0.3) is 0 Å². The number of hydrogen-bond acceptors (Lipinski definition) is 4. The molecule has 0 bridgehead atoms. The quantitative estimate of drug-likeness (QED) is 0.202. The lowest BCUT2D eigenvalue weighted by Gasteiger charge is -2.36. The number of benzene rings is 4. The summed E-state index contributed by atoms with van der Waals surface area (Å²) in [4.78, 5) is 39.6. The molecule has 4 aromatic carbocycles. The first-order chi connectivity index (χ1) is 19.5. The maximum Gasteiger partial charge on any atom is 0.377 e. The van der Waals surface area contributed by atoms with Crippen LogP contribution in [0, 0.1) is 5.92 Å². The molecule has 1 heterocycles. The number of ketones is 2. The molecular formula is C35H33NO4. The van der Waals surface area contributed by atoms with Gasteiger partial charge in [-0.05, 0) is 40.7 Å². The van der Waals surface area contributed by atoms with Gasteiger partial charge in [-0.25, -0.2) is 4.79 Å². The number of nitrogens with zero attached hydrogens (tertiary/aromatic N) is 1. The van der Waals surface area contributed by atoms with Crippen LogP contribution >= 0.6 is 0 Å². The standard InChI is InChI=1S/C35H33NO4/c37-32-20-21-36(24-31(32)33(27-12-6-2-7-13-27)28-14-8-3-9-15-28)23-26-17-19-30(34(38)35(39)40)29(22-26)18-16-25-10-4-1-5-11-25/h1-15,17,19,22,31,33H,16,18,20-21,23-24H2,(H,39,40). The molecule has 0 radical (unpaired) electrons. The number of likely N-dealkylation sites (tertiary alicyclic amines) is 1. The van der Waals surface area contributed by atoms with Gasteiger partial charge in [-0.3, -0.25) is 14.5 Å². The molecule has 1 atom stereocenters. The van der Waals surface area contributed by atoms with E-state index < -0.39 is 11.8 Å². The number of hydrogen-bond donors (Lipinski definition) is 1. The maximum absolute atomic E-state index is 13.3. The van der Waals surface area contributed by atoms with Crippen LogP contribution in [-0.4, -0.2) is 40.6 Å². The number of carbonyl (C=O) groups is 3. The van der Waals surface area contributed by atoms with Crippen LogP contribution in [0.4, 0.5) is 0 Å². The first-order valence-corrected chi connectivity index (χ1v) is 13.8. The van der Waals surface area contributed by atoms with Crippen LogP contribution in [0.15, 0.2) is 109 Å². The fraction of sp³-hybridized carbons (Fsp3) is 0.229. The fourth-order valence-corrected chi connectivity index (χ4v) is 5.81. The predicted molar refractivity (Wildman–Crippen MR) is 155 cm³/mol. The molecule has 5 rings (SSSR count). The second-order valence-electron chi connectivity index (χ2n) is 10.5. The Hall–Kier alpha value is -4.35. The lowest BCUT2D eigenvalue weighted by molar-refractivity contribution is -0.131. The van der Waals surface area contributed by atoms with E-state index in [0.29, 0.717) is 38.9 Å². The molecule has 1 fully saturated rings. The largest absolute Gasteiger partial charge is 0.475 e. The van der Waals surface area contributed by atoms with Crippen LogP contribution in [0.1, 0.15) is 50.5 Å². The van der Waals surface area contributed by atoms with Gasteiger partial charge in [0.15, 0.2) is 0 Å². The topological polar surface area (TPSA) is 74.7 Å². The lowest BCUT2D eigenvalue weighted by Crippen LogP contribution is -2.43. The lowest BCUT2D eigenvalue weighted by atomic mass is 9.76. The van der Waals surface area contributed by atoms with E-state index >= 15 is 0 Å². The molecule has 1 aliphatic heterocycles. The van der Waals surface area contributed by atoms with Crippen molar-refractivity contribution in [1.29, 1.82) is 0 Å². The highest BCUT2D eigenvalue weighted by Gasteiger charge is 2.35. The number of carbonyl (C=O) groups excluding carboxylic acids is 2. The molecule has 4 aromatic rings. The first-order valence-electron chi connectivity index (χ1n) is 13.8. The maximum atomic E-state index is 13.3. The average Bonchev–Trinajstić information content (AvgIpc) is 2.99. The first kappa shape index (κ1) is 27.2. The van der Waals surface area contributed by atoms with Crippen molar-refractivity contribution in [1.82, 2.24) is 4.90 Å². The number of Topliss-reactive ketones (excluding diaryl/α,β-unsaturated/α-hetero) is 2. The van der Waals surface area contributed by atoms with E-state index in [1.54, 1.807) is 6.07 Å². The van der Waals surface area contributed by atoms with Crippen molar-refractivity contribution in [3.63, 3.8) is 0 Å². The molecule has 1 unspecified atom stereocenters. The summed E-state index contributed by atoms with van der Waals surface area (Å²) in [5, 5.41) is 9.38. The summed E-state index contributed by atoms with van der Waals surface area (Å²) in [5.74, 6) is -2.26. The summed E-state index contributed by atoms with van der Waals surface area (Å²) < 4.78 is 0. The van der Waals surface area contributed by atoms with E-state index in [0.717, 1.165) is 27.8 Å². The van der Waals surface area contributed by atoms with E-state index in [9.17, 15) is 19.5 Å². The van der Waals surface area contributed by atoms with Gasteiger partial charge in [0, 0.05) is 43.5 Å². The molecule has 1 saturated heterocycles. The molecule has 0 aliphatic carbocycles. The van der Waals surface area contributed by atoms with E-state index in [1.807, 2.05) is 78.9 Å². The zero-order valence-electron chi connectivity index (χ0n) is 22.4. The molecule has 0 aromatic heterocycles. The monoisotopic (exact) mass is 531 g/mol. The third-order valence-electron chi connectivity index (χ3n) is 7.80. The van der Waals surface area contributed by atoms with Crippen molar-refractivity contribution >= 4 is 17.5 Å². The summed E-state index contributed by atoms with van der Waals surface area (Å²) in [7, 11) is 0. The number of piperidine rings is 1. The highest BCUT2D eigenvalue weighted by atomic mass is 16.4. The van der Waals surface area contributed by atoms with Crippen molar-refractivity contribution in [2.45, 2.75) is 31.7 Å². The Morgan fingerprint density at radius 3 is 1.98 bits per heavy atom. The van der Waals surface area contributed by atoms with Crippen molar-refractivity contribution in [2.75, 3.05) is 13.1 Å². The third kappa shape index (κ3) is 6.44. The van der Waals surface area contributed by atoms with Gasteiger partial charge in [-0.15, -0.1) is 0 Å². The van der Waals surface area contributed by atoms with Crippen LogP contribution in [0.5, 0.6) is 0 Å². The van der Waals surface area contributed by atoms with Gasteiger partial charge >= 0.3 is 5.97 Å². The molecule has 0 amide bonds. The second-order valence-corrected chi connectivity index (χ2v) is 10.5. The minimum Gasteiger partial charge on any atom is -0.475 e. The number of aryl methyl sites for hydroxylation is 2. The minimum atomic E-state index is -1.45. The molecule has 1 aliphatic rings. The van der Waals surface area contributed by atoms with E-state index in [2.05, 4.69) is 29.2 Å². The average molecular weight is 532 g/mol. The van der Waals surface area contributed by atoms with Gasteiger partial charge in [0.2, 0.25) is 0 Å². The number of carboxylic acids is 1. The van der Waals surface area contributed by atoms with Crippen molar-refractivity contribution in [3.8, 4) is 0 Å². The highest BCUT2D eigenvalue weighted by molar-refractivity contribution is 6.40.